The molecule has 8 aromatic carbocycles. The van der Waals surface area contributed by atoms with Crippen LogP contribution in [-0.2, 0) is 0 Å². The van der Waals surface area contributed by atoms with E-state index in [0.717, 1.165) is 39.2 Å². The summed E-state index contributed by atoms with van der Waals surface area (Å²) >= 11 is 0. The third kappa shape index (κ3) is 7.04. The van der Waals surface area contributed by atoms with E-state index < -0.39 is 0 Å². The van der Waals surface area contributed by atoms with Gasteiger partial charge in [0.05, 0.1) is 11.4 Å². The Labute approximate surface area is 317 Å². The van der Waals surface area contributed by atoms with Crippen LogP contribution in [0.4, 0.5) is 0 Å². The molecule has 0 atom stereocenters. The van der Waals surface area contributed by atoms with Crippen molar-refractivity contribution in [1.82, 2.24) is 4.98 Å². The highest BCUT2D eigenvalue weighted by atomic mass is 14.7. The third-order valence-electron chi connectivity index (χ3n) is 10.0. The molecule has 1 heterocycles. The van der Waals surface area contributed by atoms with Gasteiger partial charge in [-0.1, -0.05) is 176 Å². The maximum Gasteiger partial charge on any atom is 0.0715 e. The average Bonchev–Trinajstić information content (AvgIpc) is 3.27. The highest BCUT2D eigenvalue weighted by Gasteiger charge is 2.13. The van der Waals surface area contributed by atoms with Crippen molar-refractivity contribution >= 4 is 0 Å². The molecule has 1 nitrogen and oxygen atoms in total. The third-order valence-corrected chi connectivity index (χ3v) is 10.0. The quantitative estimate of drug-likeness (QED) is 0.155. The van der Waals surface area contributed by atoms with Gasteiger partial charge in [-0.3, -0.25) is 0 Å². The molecule has 0 spiro atoms. The normalized spacial score (nSPS) is 11.0. The van der Waals surface area contributed by atoms with Crippen molar-refractivity contribution in [3.8, 4) is 89.3 Å². The highest BCUT2D eigenvalue weighted by Crippen LogP contribution is 2.38. The molecule has 0 bridgehead atoms. The molecule has 0 amide bonds. The lowest BCUT2D eigenvalue weighted by atomic mass is 9.90. The second-order valence-corrected chi connectivity index (χ2v) is 13.6. The molecule has 0 fully saturated rings. The summed E-state index contributed by atoms with van der Waals surface area (Å²) in [7, 11) is 0. The van der Waals surface area contributed by atoms with Gasteiger partial charge in [0.15, 0.2) is 0 Å². The molecule has 0 aliphatic carbocycles. The summed E-state index contributed by atoms with van der Waals surface area (Å²) in [5.74, 6) is 0. The minimum Gasteiger partial charge on any atom is -0.248 e. The van der Waals surface area contributed by atoms with Gasteiger partial charge in [0.25, 0.3) is 0 Å². The van der Waals surface area contributed by atoms with Gasteiger partial charge in [-0.05, 0) is 115 Å². The lowest BCUT2D eigenvalue weighted by Gasteiger charge is -2.14. The summed E-state index contributed by atoms with van der Waals surface area (Å²) in [6.07, 6.45) is 0. The van der Waals surface area contributed by atoms with E-state index in [1.807, 2.05) is 12.1 Å². The van der Waals surface area contributed by atoms with Crippen molar-refractivity contribution in [2.45, 2.75) is 0 Å². The minimum atomic E-state index is 0.957. The Bertz CT molecular complexity index is 2520. The Hall–Kier alpha value is -7.09. The number of hydrogen-bond acceptors (Lipinski definition) is 1. The molecule has 1 heteroatoms. The molecular weight excluding hydrogens is 651 g/mol. The maximum absolute atomic E-state index is 5.13. The molecule has 0 aliphatic rings. The summed E-state index contributed by atoms with van der Waals surface area (Å²) in [5, 5.41) is 0. The number of rotatable bonds is 8. The van der Waals surface area contributed by atoms with Gasteiger partial charge < -0.3 is 0 Å². The zero-order valence-corrected chi connectivity index (χ0v) is 29.8. The molecule has 0 saturated carbocycles. The van der Waals surface area contributed by atoms with Crippen molar-refractivity contribution in [3.63, 3.8) is 0 Å². The predicted octanol–water partition coefficient (Wildman–Crippen LogP) is 14.4. The van der Waals surface area contributed by atoms with Crippen LogP contribution < -0.4 is 0 Å². The summed E-state index contributed by atoms with van der Waals surface area (Å²) in [5.41, 5.74) is 18.3. The number of benzene rings is 8. The molecular formula is C53H37N. The first-order chi connectivity index (χ1) is 26.7. The van der Waals surface area contributed by atoms with E-state index in [2.05, 4.69) is 212 Å². The van der Waals surface area contributed by atoms with Crippen molar-refractivity contribution in [2.75, 3.05) is 0 Å². The molecule has 0 aliphatic heterocycles. The highest BCUT2D eigenvalue weighted by molar-refractivity contribution is 5.86. The van der Waals surface area contributed by atoms with E-state index >= 15 is 0 Å². The smallest absolute Gasteiger partial charge is 0.0715 e. The first kappa shape index (κ1) is 32.8. The van der Waals surface area contributed by atoms with E-state index in [-0.39, 0.29) is 0 Å². The second kappa shape index (κ2) is 14.9. The first-order valence-corrected chi connectivity index (χ1v) is 18.4. The largest absolute Gasteiger partial charge is 0.248 e. The summed E-state index contributed by atoms with van der Waals surface area (Å²) < 4.78 is 0. The Kier molecular flexibility index (Phi) is 9.03. The zero-order valence-electron chi connectivity index (χ0n) is 29.8. The molecule has 0 N–H and O–H groups in total. The molecule has 9 rings (SSSR count). The average molecular weight is 688 g/mol. The van der Waals surface area contributed by atoms with Crippen LogP contribution in [0.2, 0.25) is 0 Å². The van der Waals surface area contributed by atoms with Gasteiger partial charge in [0, 0.05) is 11.1 Å². The maximum atomic E-state index is 5.13. The molecule has 0 saturated heterocycles. The van der Waals surface area contributed by atoms with Gasteiger partial charge >= 0.3 is 0 Å². The van der Waals surface area contributed by atoms with Crippen LogP contribution >= 0.6 is 0 Å². The molecule has 1 aromatic heterocycles. The monoisotopic (exact) mass is 687 g/mol. The standard InChI is InChI=1S/C53H37N/c1-5-16-38(17-6-1)42-24-13-26-44(30-42)48-33-49(45-27-14-25-43(31-45)39-18-7-2-8-19-39)35-50(34-48)46-28-15-29-47(32-46)51-36-52(40-20-9-3-10-21-40)54-53(37-51)41-22-11-4-12-23-41/h1-37H. The van der Waals surface area contributed by atoms with Crippen molar-refractivity contribution in [1.29, 1.82) is 0 Å². The number of nitrogens with zero attached hydrogens (tertiary/aromatic N) is 1. The summed E-state index contributed by atoms with van der Waals surface area (Å²) in [6.45, 7) is 0. The first-order valence-electron chi connectivity index (χ1n) is 18.4. The number of pyridine rings is 1. The number of aromatic nitrogens is 1. The SMILES string of the molecule is c1ccc(-c2cccc(-c3cc(-c4cccc(-c5ccccc5)c4)cc(-c4cccc(-c5cc(-c6ccccc6)nc(-c6ccccc6)c5)c4)c3)c2)cc1. The molecule has 254 valence electrons. The summed E-state index contributed by atoms with van der Waals surface area (Å²) in [6, 6.07) is 80.3. The zero-order chi connectivity index (χ0) is 36.1. The van der Waals surface area contributed by atoms with Crippen molar-refractivity contribution < 1.29 is 0 Å². The molecule has 54 heavy (non-hydrogen) atoms. The van der Waals surface area contributed by atoms with Crippen molar-refractivity contribution in [2.24, 2.45) is 0 Å². The van der Waals surface area contributed by atoms with E-state index in [4.69, 9.17) is 4.98 Å². The minimum absolute atomic E-state index is 0.957. The van der Waals surface area contributed by atoms with Gasteiger partial charge in [-0.15, -0.1) is 0 Å². The van der Waals surface area contributed by atoms with Crippen LogP contribution in [0.5, 0.6) is 0 Å². The van der Waals surface area contributed by atoms with Crippen LogP contribution in [0.25, 0.3) is 89.3 Å². The van der Waals surface area contributed by atoms with Crippen LogP contribution in [-0.4, -0.2) is 4.98 Å². The van der Waals surface area contributed by atoms with Crippen LogP contribution in [0.1, 0.15) is 0 Å². The fourth-order valence-corrected chi connectivity index (χ4v) is 7.23. The van der Waals surface area contributed by atoms with E-state index in [1.165, 1.54) is 50.1 Å². The number of hydrogen-bond donors (Lipinski definition) is 0. The molecule has 9 aromatic rings. The Balaban J connectivity index is 1.19. The Morgan fingerprint density at radius 3 is 0.704 bits per heavy atom. The van der Waals surface area contributed by atoms with Crippen LogP contribution in [0, 0.1) is 0 Å². The van der Waals surface area contributed by atoms with Gasteiger partial charge in [0.2, 0.25) is 0 Å². The van der Waals surface area contributed by atoms with Gasteiger partial charge in [-0.25, -0.2) is 4.98 Å². The van der Waals surface area contributed by atoms with Crippen LogP contribution in [0.3, 0.4) is 0 Å². The van der Waals surface area contributed by atoms with E-state index in [0.29, 0.717) is 0 Å². The lowest BCUT2D eigenvalue weighted by molar-refractivity contribution is 1.32. The van der Waals surface area contributed by atoms with Crippen LogP contribution in [0.15, 0.2) is 224 Å². The fourth-order valence-electron chi connectivity index (χ4n) is 7.23. The van der Waals surface area contributed by atoms with E-state index in [9.17, 15) is 0 Å². The topological polar surface area (TPSA) is 12.9 Å². The predicted molar refractivity (Wildman–Crippen MR) is 228 cm³/mol. The van der Waals surface area contributed by atoms with Crippen molar-refractivity contribution in [3.05, 3.63) is 224 Å². The summed E-state index contributed by atoms with van der Waals surface area (Å²) in [4.78, 5) is 5.13. The molecule has 0 radical (unpaired) electrons. The van der Waals surface area contributed by atoms with Gasteiger partial charge in [-0.2, -0.15) is 0 Å². The Morgan fingerprint density at radius 1 is 0.167 bits per heavy atom. The lowest BCUT2D eigenvalue weighted by Crippen LogP contribution is -1.92. The second-order valence-electron chi connectivity index (χ2n) is 13.6. The Morgan fingerprint density at radius 2 is 0.389 bits per heavy atom. The van der Waals surface area contributed by atoms with Gasteiger partial charge in [0.1, 0.15) is 0 Å². The fraction of sp³-hybridized carbons (Fsp3) is 0. The van der Waals surface area contributed by atoms with E-state index in [1.54, 1.807) is 0 Å². The molecule has 0 unspecified atom stereocenters.